The molecule has 1 aromatic carbocycles. The quantitative estimate of drug-likeness (QED) is 0.544. The predicted octanol–water partition coefficient (Wildman–Crippen LogP) is 0.194. The van der Waals surface area contributed by atoms with Gasteiger partial charge < -0.3 is 16.8 Å². The van der Waals surface area contributed by atoms with E-state index in [9.17, 15) is 14.4 Å². The highest BCUT2D eigenvalue weighted by atomic mass is 35.5. The molecule has 0 radical (unpaired) electrons. The summed E-state index contributed by atoms with van der Waals surface area (Å²) in [6.45, 7) is 1.23. The van der Waals surface area contributed by atoms with E-state index >= 15 is 0 Å². The van der Waals surface area contributed by atoms with Gasteiger partial charge in [0, 0.05) is 25.7 Å². The number of hydrogen-bond donors (Lipinski definition) is 3. The predicted molar refractivity (Wildman–Crippen MR) is 75.9 cm³/mol. The number of nitrogens with two attached hydrogens (primary N) is 2. The van der Waals surface area contributed by atoms with Crippen molar-refractivity contribution >= 4 is 40.7 Å². The zero-order chi connectivity index (χ0) is 15.3. The van der Waals surface area contributed by atoms with Crippen LogP contribution < -0.4 is 16.8 Å². The van der Waals surface area contributed by atoms with E-state index in [0.717, 1.165) is 4.90 Å². The molecule has 0 unspecified atom stereocenters. The van der Waals surface area contributed by atoms with Crippen LogP contribution in [0.2, 0.25) is 5.02 Å². The topological polar surface area (TPSA) is 119 Å². The molecule has 5 N–H and O–H groups in total. The Morgan fingerprint density at radius 2 is 2.00 bits per heavy atom. The number of anilines is 2. The van der Waals surface area contributed by atoms with E-state index < -0.39 is 17.7 Å². The summed E-state index contributed by atoms with van der Waals surface area (Å²) in [5.41, 5.74) is 11.5. The molecule has 7 nitrogen and oxygen atoms in total. The van der Waals surface area contributed by atoms with Crippen LogP contribution in [-0.4, -0.2) is 35.7 Å². The van der Waals surface area contributed by atoms with Crippen LogP contribution in [0.15, 0.2) is 18.2 Å². The molecule has 0 saturated heterocycles. The van der Waals surface area contributed by atoms with E-state index in [0.29, 0.717) is 11.4 Å². The molecule has 0 saturated carbocycles. The first-order chi connectivity index (χ1) is 9.36. The van der Waals surface area contributed by atoms with Crippen LogP contribution in [0.1, 0.15) is 6.92 Å². The molecule has 0 spiro atoms. The third kappa shape index (κ3) is 3.94. The van der Waals surface area contributed by atoms with Crippen molar-refractivity contribution in [2.45, 2.75) is 6.92 Å². The monoisotopic (exact) mass is 298 g/mol. The summed E-state index contributed by atoms with van der Waals surface area (Å²) in [5.74, 6) is -2.48. The number of amides is 3. The molecule has 0 aliphatic heterocycles. The summed E-state index contributed by atoms with van der Waals surface area (Å²) < 4.78 is 0. The highest BCUT2D eigenvalue weighted by Crippen LogP contribution is 2.22. The lowest BCUT2D eigenvalue weighted by Gasteiger charge is -2.17. The molecule has 0 aliphatic carbocycles. The van der Waals surface area contributed by atoms with Crippen LogP contribution in [0.25, 0.3) is 0 Å². The number of rotatable bonds is 3. The average molecular weight is 299 g/mol. The second-order valence-corrected chi connectivity index (χ2v) is 4.36. The van der Waals surface area contributed by atoms with Gasteiger partial charge in [-0.1, -0.05) is 11.6 Å². The van der Waals surface area contributed by atoms with Gasteiger partial charge in [0.05, 0.1) is 10.7 Å². The minimum Gasteiger partial charge on any atom is -0.398 e. The lowest BCUT2D eigenvalue weighted by atomic mass is 10.3. The molecule has 0 atom stereocenters. The highest BCUT2D eigenvalue weighted by molar-refractivity contribution is 6.42. The van der Waals surface area contributed by atoms with Gasteiger partial charge in [-0.15, -0.1) is 0 Å². The Morgan fingerprint density at radius 3 is 2.50 bits per heavy atom. The number of carbonyl (C=O) groups excluding carboxylic acids is 3. The van der Waals surface area contributed by atoms with Gasteiger partial charge in [-0.05, 0) is 18.2 Å². The number of nitrogens with one attached hydrogen (secondary N) is 1. The Morgan fingerprint density at radius 1 is 1.35 bits per heavy atom. The van der Waals surface area contributed by atoms with Gasteiger partial charge in [0.25, 0.3) is 0 Å². The van der Waals surface area contributed by atoms with E-state index in [2.05, 4.69) is 5.32 Å². The fraction of sp³-hybridized carbons (Fsp3) is 0.250. The molecule has 8 heteroatoms. The first kappa shape index (κ1) is 15.9. The normalized spacial score (nSPS) is 9.95. The summed E-state index contributed by atoms with van der Waals surface area (Å²) in [5, 5.41) is 2.59. The van der Waals surface area contributed by atoms with Gasteiger partial charge in [0.15, 0.2) is 0 Å². The summed E-state index contributed by atoms with van der Waals surface area (Å²) in [4.78, 5) is 35.6. The number of imide groups is 1. The summed E-state index contributed by atoms with van der Waals surface area (Å²) in [6, 6.07) is 4.39. The minimum absolute atomic E-state index is 0.0237. The summed E-state index contributed by atoms with van der Waals surface area (Å²) in [7, 11) is 0. The Kier molecular flexibility index (Phi) is 5.48. The van der Waals surface area contributed by atoms with Crippen molar-refractivity contribution in [3.63, 3.8) is 0 Å². The Bertz CT molecular complexity index is 548. The van der Waals surface area contributed by atoms with Crippen molar-refractivity contribution in [3.8, 4) is 0 Å². The Labute approximate surface area is 120 Å². The number of hydrogen-bond acceptors (Lipinski definition) is 5. The zero-order valence-electron chi connectivity index (χ0n) is 10.9. The zero-order valence-corrected chi connectivity index (χ0v) is 11.6. The van der Waals surface area contributed by atoms with Crippen molar-refractivity contribution in [1.82, 2.24) is 4.90 Å². The fourth-order valence-electron chi connectivity index (χ4n) is 1.44. The maximum Gasteiger partial charge on any atom is 0.318 e. The molecule has 1 rings (SSSR count). The van der Waals surface area contributed by atoms with Crippen LogP contribution in [0.5, 0.6) is 0 Å². The van der Waals surface area contributed by atoms with E-state index in [1.165, 1.54) is 25.1 Å². The highest BCUT2D eigenvalue weighted by Gasteiger charge is 2.24. The molecule has 3 amide bonds. The van der Waals surface area contributed by atoms with E-state index in [4.69, 9.17) is 23.1 Å². The number of benzene rings is 1. The second-order valence-electron chi connectivity index (χ2n) is 3.95. The first-order valence-electron chi connectivity index (χ1n) is 5.75. The third-order valence-corrected chi connectivity index (χ3v) is 2.76. The maximum absolute atomic E-state index is 11.8. The minimum atomic E-state index is -0.976. The van der Waals surface area contributed by atoms with Gasteiger partial charge in [0.2, 0.25) is 5.91 Å². The first-order valence-corrected chi connectivity index (χ1v) is 6.13. The van der Waals surface area contributed by atoms with Gasteiger partial charge >= 0.3 is 11.8 Å². The van der Waals surface area contributed by atoms with Crippen molar-refractivity contribution in [3.05, 3.63) is 23.2 Å². The van der Waals surface area contributed by atoms with Crippen LogP contribution in [0.4, 0.5) is 11.4 Å². The number of carbonyl (C=O) groups is 3. The lowest BCUT2D eigenvalue weighted by Crippen LogP contribution is -2.44. The van der Waals surface area contributed by atoms with Crippen molar-refractivity contribution in [2.24, 2.45) is 5.73 Å². The third-order valence-electron chi connectivity index (χ3n) is 2.43. The van der Waals surface area contributed by atoms with Crippen LogP contribution in [0, 0.1) is 0 Å². The van der Waals surface area contributed by atoms with E-state index in [-0.39, 0.29) is 18.1 Å². The molecule has 0 aromatic heterocycles. The van der Waals surface area contributed by atoms with Gasteiger partial charge in [0.1, 0.15) is 0 Å². The Balaban J connectivity index is 2.81. The maximum atomic E-state index is 11.8. The average Bonchev–Trinajstić information content (AvgIpc) is 2.39. The number of nitrogens with zero attached hydrogens (tertiary/aromatic N) is 1. The molecule has 20 heavy (non-hydrogen) atoms. The SMILES string of the molecule is CC(=O)N(CCN)C(=O)C(=O)Nc1ccc(N)c(Cl)c1. The van der Waals surface area contributed by atoms with Crippen molar-refractivity contribution in [1.29, 1.82) is 0 Å². The molecular formula is C12H15ClN4O3. The smallest absolute Gasteiger partial charge is 0.318 e. The molecule has 0 bridgehead atoms. The molecule has 108 valence electrons. The number of halogens is 1. The fourth-order valence-corrected chi connectivity index (χ4v) is 1.62. The standard InChI is InChI=1S/C12H15ClN4O3/c1-7(18)17(5-4-14)12(20)11(19)16-8-2-3-10(15)9(13)6-8/h2-3,6H,4-5,14-15H2,1H3,(H,16,19). The van der Waals surface area contributed by atoms with Gasteiger partial charge in [-0.2, -0.15) is 0 Å². The van der Waals surface area contributed by atoms with Crippen LogP contribution in [-0.2, 0) is 14.4 Å². The van der Waals surface area contributed by atoms with Crippen molar-refractivity contribution in [2.75, 3.05) is 24.1 Å². The van der Waals surface area contributed by atoms with Gasteiger partial charge in [-0.25, -0.2) is 0 Å². The Hall–Kier alpha value is -2.12. The summed E-state index contributed by atoms with van der Waals surface area (Å²) >= 11 is 5.80. The number of nitrogen functional groups attached to an aromatic ring is 1. The van der Waals surface area contributed by atoms with Crippen molar-refractivity contribution < 1.29 is 14.4 Å². The van der Waals surface area contributed by atoms with Gasteiger partial charge in [-0.3, -0.25) is 19.3 Å². The molecular weight excluding hydrogens is 284 g/mol. The second kappa shape index (κ2) is 6.88. The molecule has 0 aliphatic rings. The lowest BCUT2D eigenvalue weighted by molar-refractivity contribution is -0.149. The van der Waals surface area contributed by atoms with Crippen LogP contribution in [0.3, 0.4) is 0 Å². The van der Waals surface area contributed by atoms with E-state index in [1.807, 2.05) is 0 Å². The largest absolute Gasteiger partial charge is 0.398 e. The van der Waals surface area contributed by atoms with Crippen LogP contribution >= 0.6 is 11.6 Å². The molecule has 0 fully saturated rings. The van der Waals surface area contributed by atoms with E-state index in [1.54, 1.807) is 0 Å². The molecule has 0 heterocycles. The molecule has 1 aromatic rings. The summed E-state index contributed by atoms with van der Waals surface area (Å²) in [6.07, 6.45) is 0.